The highest BCUT2D eigenvalue weighted by Gasteiger charge is 2.17. The van der Waals surface area contributed by atoms with Crippen molar-refractivity contribution in [1.29, 1.82) is 0 Å². The van der Waals surface area contributed by atoms with Crippen molar-refractivity contribution in [3.05, 3.63) is 72.3 Å². The van der Waals surface area contributed by atoms with Gasteiger partial charge in [-0.15, -0.1) is 0 Å². The van der Waals surface area contributed by atoms with Crippen molar-refractivity contribution in [2.45, 2.75) is 32.8 Å². The number of thiocarbonyl (C=S) groups is 1. The number of unbranched alkanes of at least 4 members (excludes halogenated alkanes) is 1. The number of hydrazine groups is 1. The predicted molar refractivity (Wildman–Crippen MR) is 132 cm³/mol. The Morgan fingerprint density at radius 3 is 2.48 bits per heavy atom. The molecule has 0 radical (unpaired) electrons. The third kappa shape index (κ3) is 6.92. The topological polar surface area (TPSA) is 88.7 Å². The molecule has 0 saturated carbocycles. The van der Waals surface area contributed by atoms with E-state index in [0.29, 0.717) is 23.7 Å². The number of carbonyl (C=O) groups is 2. The van der Waals surface area contributed by atoms with Gasteiger partial charge in [0.1, 0.15) is 11.5 Å². The summed E-state index contributed by atoms with van der Waals surface area (Å²) in [6.07, 6.45) is 1.09. The minimum Gasteiger partial charge on any atom is -0.493 e. The second-order valence-corrected chi connectivity index (χ2v) is 7.77. The third-order valence-electron chi connectivity index (χ3n) is 4.82. The van der Waals surface area contributed by atoms with Crippen molar-refractivity contribution in [2.75, 3.05) is 6.61 Å². The van der Waals surface area contributed by atoms with E-state index < -0.39 is 17.9 Å². The quantitative estimate of drug-likeness (QED) is 0.263. The van der Waals surface area contributed by atoms with Crippen LogP contribution in [0.4, 0.5) is 0 Å². The van der Waals surface area contributed by atoms with E-state index in [1.165, 1.54) is 0 Å². The van der Waals surface area contributed by atoms with Crippen molar-refractivity contribution < 1.29 is 19.1 Å². The molecule has 3 aromatic carbocycles. The maximum absolute atomic E-state index is 12.6. The summed E-state index contributed by atoms with van der Waals surface area (Å²) in [6.45, 7) is 4.21. The molecule has 8 heteroatoms. The van der Waals surface area contributed by atoms with E-state index in [9.17, 15) is 9.59 Å². The first-order valence-electron chi connectivity index (χ1n) is 10.8. The second kappa shape index (κ2) is 11.8. The van der Waals surface area contributed by atoms with E-state index in [1.807, 2.05) is 42.5 Å². The van der Waals surface area contributed by atoms with Gasteiger partial charge >= 0.3 is 0 Å². The molecule has 7 nitrogen and oxygen atoms in total. The Hall–Kier alpha value is -3.65. The average Bonchev–Trinajstić information content (AvgIpc) is 2.82. The Balaban J connectivity index is 1.49. The maximum Gasteiger partial charge on any atom is 0.279 e. The van der Waals surface area contributed by atoms with Gasteiger partial charge in [0.15, 0.2) is 11.2 Å². The molecule has 33 heavy (non-hydrogen) atoms. The zero-order valence-corrected chi connectivity index (χ0v) is 19.4. The Kier molecular flexibility index (Phi) is 8.60. The van der Waals surface area contributed by atoms with Gasteiger partial charge in [-0.3, -0.25) is 25.8 Å². The first-order chi connectivity index (χ1) is 16.0. The van der Waals surface area contributed by atoms with Gasteiger partial charge in [-0.2, -0.15) is 0 Å². The molecular weight excluding hydrogens is 438 g/mol. The van der Waals surface area contributed by atoms with Gasteiger partial charge in [0.05, 0.1) is 12.2 Å². The van der Waals surface area contributed by atoms with Crippen LogP contribution < -0.4 is 25.6 Å². The van der Waals surface area contributed by atoms with Crippen LogP contribution in [0.2, 0.25) is 0 Å². The summed E-state index contributed by atoms with van der Waals surface area (Å²) in [7, 11) is 0. The molecule has 0 aliphatic carbocycles. The third-order valence-corrected chi connectivity index (χ3v) is 5.02. The number of para-hydroxylation sites is 1. The fourth-order valence-electron chi connectivity index (χ4n) is 3.03. The fraction of sp³-hybridized carbons (Fsp3) is 0.240. The predicted octanol–water partition coefficient (Wildman–Crippen LogP) is 4.12. The van der Waals surface area contributed by atoms with Gasteiger partial charge in [0.2, 0.25) is 0 Å². The van der Waals surface area contributed by atoms with E-state index in [-0.39, 0.29) is 5.11 Å². The summed E-state index contributed by atoms with van der Waals surface area (Å²) in [5.41, 5.74) is 5.34. The maximum atomic E-state index is 12.6. The highest BCUT2D eigenvalue weighted by Crippen LogP contribution is 2.21. The first-order valence-corrected chi connectivity index (χ1v) is 11.2. The van der Waals surface area contributed by atoms with Crippen LogP contribution in [0.15, 0.2) is 66.7 Å². The van der Waals surface area contributed by atoms with Gasteiger partial charge < -0.3 is 9.47 Å². The molecule has 0 spiro atoms. The lowest BCUT2D eigenvalue weighted by Crippen LogP contribution is -2.51. The summed E-state index contributed by atoms with van der Waals surface area (Å²) in [4.78, 5) is 25.0. The van der Waals surface area contributed by atoms with Crippen LogP contribution in [-0.4, -0.2) is 29.6 Å². The molecule has 1 atom stereocenters. The molecular formula is C25H27N3O4S. The lowest BCUT2D eigenvalue weighted by atomic mass is 10.1. The standard InChI is InChI=1S/C25H27N3O4S/c1-3-4-15-31-22-12-8-7-11-21(22)24(30)26-25(33)28-27-23(29)17(2)32-20-14-13-18-9-5-6-10-19(18)16-20/h5-14,16-17H,3-4,15H2,1-2H3,(H,27,29)(H2,26,28,30,33). The molecule has 0 heterocycles. The summed E-state index contributed by atoms with van der Waals surface area (Å²) in [5, 5.41) is 4.59. The van der Waals surface area contributed by atoms with Gasteiger partial charge in [-0.25, -0.2) is 0 Å². The number of fused-ring (bicyclic) bond motifs is 1. The molecule has 3 N–H and O–H groups in total. The molecule has 0 saturated heterocycles. The van der Waals surface area contributed by atoms with E-state index in [0.717, 1.165) is 23.6 Å². The van der Waals surface area contributed by atoms with Crippen LogP contribution in [0.25, 0.3) is 10.8 Å². The minimum absolute atomic E-state index is 0.0467. The number of ether oxygens (including phenoxy) is 2. The van der Waals surface area contributed by atoms with Crippen molar-refractivity contribution >= 4 is 39.9 Å². The monoisotopic (exact) mass is 465 g/mol. The fourth-order valence-corrected chi connectivity index (χ4v) is 3.17. The van der Waals surface area contributed by atoms with Crippen molar-refractivity contribution in [3.63, 3.8) is 0 Å². The number of benzene rings is 3. The normalized spacial score (nSPS) is 11.3. The lowest BCUT2D eigenvalue weighted by molar-refractivity contribution is -0.127. The van der Waals surface area contributed by atoms with Crippen LogP contribution in [-0.2, 0) is 4.79 Å². The van der Waals surface area contributed by atoms with Crippen molar-refractivity contribution in [3.8, 4) is 11.5 Å². The van der Waals surface area contributed by atoms with Crippen LogP contribution in [0.5, 0.6) is 11.5 Å². The number of rotatable bonds is 8. The van der Waals surface area contributed by atoms with Gasteiger partial charge in [0, 0.05) is 0 Å². The smallest absolute Gasteiger partial charge is 0.279 e. The number of amides is 2. The Morgan fingerprint density at radius 2 is 1.70 bits per heavy atom. The number of nitrogens with one attached hydrogen (secondary N) is 3. The average molecular weight is 466 g/mol. The summed E-state index contributed by atoms with van der Waals surface area (Å²) in [6, 6.07) is 20.4. The SMILES string of the molecule is CCCCOc1ccccc1C(=O)NC(=S)NNC(=O)C(C)Oc1ccc2ccccc2c1. The van der Waals surface area contributed by atoms with Crippen LogP contribution in [0.1, 0.15) is 37.0 Å². The molecule has 3 aromatic rings. The van der Waals surface area contributed by atoms with E-state index in [4.69, 9.17) is 21.7 Å². The molecule has 1 unspecified atom stereocenters. The largest absolute Gasteiger partial charge is 0.493 e. The Labute approximate surface area is 198 Å². The lowest BCUT2D eigenvalue weighted by Gasteiger charge is -2.17. The minimum atomic E-state index is -0.787. The molecule has 0 aromatic heterocycles. The highest BCUT2D eigenvalue weighted by molar-refractivity contribution is 7.80. The van der Waals surface area contributed by atoms with E-state index >= 15 is 0 Å². The zero-order chi connectivity index (χ0) is 23.6. The first kappa shape index (κ1) is 24.0. The van der Waals surface area contributed by atoms with E-state index in [2.05, 4.69) is 23.1 Å². The van der Waals surface area contributed by atoms with E-state index in [1.54, 1.807) is 31.2 Å². The highest BCUT2D eigenvalue weighted by atomic mass is 32.1. The zero-order valence-electron chi connectivity index (χ0n) is 18.6. The Bertz CT molecular complexity index is 1140. The molecule has 172 valence electrons. The molecule has 3 rings (SSSR count). The van der Waals surface area contributed by atoms with Gasteiger partial charge in [-0.1, -0.05) is 55.8 Å². The molecule has 0 fully saturated rings. The second-order valence-electron chi connectivity index (χ2n) is 7.36. The van der Waals surface area contributed by atoms with Crippen LogP contribution >= 0.6 is 12.2 Å². The van der Waals surface area contributed by atoms with Gasteiger partial charge in [-0.05, 0) is 60.6 Å². The van der Waals surface area contributed by atoms with Crippen LogP contribution in [0, 0.1) is 0 Å². The number of hydrogen-bond donors (Lipinski definition) is 3. The number of hydrogen-bond acceptors (Lipinski definition) is 5. The van der Waals surface area contributed by atoms with Crippen molar-refractivity contribution in [1.82, 2.24) is 16.2 Å². The van der Waals surface area contributed by atoms with Gasteiger partial charge in [0.25, 0.3) is 11.8 Å². The summed E-state index contributed by atoms with van der Waals surface area (Å²) < 4.78 is 11.4. The Morgan fingerprint density at radius 1 is 0.970 bits per heavy atom. The van der Waals surface area contributed by atoms with Crippen LogP contribution in [0.3, 0.4) is 0 Å². The molecule has 2 amide bonds. The molecule has 0 bridgehead atoms. The number of carbonyl (C=O) groups excluding carboxylic acids is 2. The van der Waals surface area contributed by atoms with Crippen molar-refractivity contribution in [2.24, 2.45) is 0 Å². The molecule has 0 aliphatic heterocycles. The molecule has 0 aliphatic rings. The summed E-state index contributed by atoms with van der Waals surface area (Å²) >= 11 is 5.13. The summed E-state index contributed by atoms with van der Waals surface area (Å²) in [5.74, 6) is 0.178.